The lowest BCUT2D eigenvalue weighted by molar-refractivity contribution is -0.120. The van der Waals surface area contributed by atoms with Crippen LogP contribution in [0.15, 0.2) is 35.2 Å². The van der Waals surface area contributed by atoms with Crippen molar-refractivity contribution < 1.29 is 4.79 Å². The Kier molecular flexibility index (Phi) is 7.81. The lowest BCUT2D eigenvalue weighted by Gasteiger charge is -2.19. The molecular formula is C18H28N2OS. The van der Waals surface area contributed by atoms with Gasteiger partial charge in [-0.3, -0.25) is 4.79 Å². The van der Waals surface area contributed by atoms with E-state index in [0.29, 0.717) is 0 Å². The van der Waals surface area contributed by atoms with Gasteiger partial charge in [-0.1, -0.05) is 31.0 Å². The van der Waals surface area contributed by atoms with Gasteiger partial charge in [0.05, 0.1) is 5.25 Å². The molecule has 2 rings (SSSR count). The summed E-state index contributed by atoms with van der Waals surface area (Å²) in [5, 5.41) is 3.03. The van der Waals surface area contributed by atoms with Gasteiger partial charge in [0.2, 0.25) is 5.91 Å². The Morgan fingerprint density at radius 1 is 1.18 bits per heavy atom. The Hall–Kier alpha value is -1.00. The summed E-state index contributed by atoms with van der Waals surface area (Å²) in [5.74, 6) is 0.143. The van der Waals surface area contributed by atoms with Gasteiger partial charge in [0, 0.05) is 11.4 Å². The summed E-state index contributed by atoms with van der Waals surface area (Å²) in [4.78, 5) is 15.8. The molecule has 1 heterocycles. The van der Waals surface area contributed by atoms with Crippen molar-refractivity contribution in [3.63, 3.8) is 0 Å². The van der Waals surface area contributed by atoms with Crippen molar-refractivity contribution in [2.45, 2.75) is 49.2 Å². The number of amides is 1. The highest BCUT2D eigenvalue weighted by molar-refractivity contribution is 8.00. The summed E-state index contributed by atoms with van der Waals surface area (Å²) in [6.45, 7) is 6.33. The average molecular weight is 321 g/mol. The number of rotatable bonds is 7. The summed E-state index contributed by atoms with van der Waals surface area (Å²) in [7, 11) is 0. The van der Waals surface area contributed by atoms with Crippen molar-refractivity contribution in [1.29, 1.82) is 0 Å². The molecule has 0 aromatic heterocycles. The van der Waals surface area contributed by atoms with E-state index in [9.17, 15) is 4.79 Å². The van der Waals surface area contributed by atoms with Crippen LogP contribution in [-0.2, 0) is 4.79 Å². The largest absolute Gasteiger partial charge is 0.355 e. The highest BCUT2D eigenvalue weighted by Gasteiger charge is 2.14. The molecule has 0 bridgehead atoms. The van der Waals surface area contributed by atoms with Gasteiger partial charge in [0.25, 0.3) is 0 Å². The fourth-order valence-electron chi connectivity index (χ4n) is 2.77. The van der Waals surface area contributed by atoms with Crippen LogP contribution >= 0.6 is 11.8 Å². The number of carbonyl (C=O) groups is 1. The molecule has 0 saturated carbocycles. The fraction of sp³-hybridized carbons (Fsp3) is 0.611. The zero-order chi connectivity index (χ0) is 15.6. The zero-order valence-electron chi connectivity index (χ0n) is 13.6. The first kappa shape index (κ1) is 17.4. The number of hydrogen-bond acceptors (Lipinski definition) is 3. The Balaban J connectivity index is 1.60. The SMILES string of the molecule is C[C@H](Sc1ccccc1)C(=O)NCCCN1CCCCCC1. The molecule has 0 radical (unpaired) electrons. The van der Waals surface area contributed by atoms with Gasteiger partial charge in [-0.2, -0.15) is 0 Å². The molecule has 1 amide bonds. The molecule has 1 fully saturated rings. The van der Waals surface area contributed by atoms with E-state index < -0.39 is 0 Å². The number of thioether (sulfide) groups is 1. The van der Waals surface area contributed by atoms with Gasteiger partial charge >= 0.3 is 0 Å². The Labute approximate surface area is 138 Å². The molecule has 1 aliphatic heterocycles. The maximum absolute atomic E-state index is 12.1. The van der Waals surface area contributed by atoms with Crippen LogP contribution < -0.4 is 5.32 Å². The van der Waals surface area contributed by atoms with E-state index >= 15 is 0 Å². The van der Waals surface area contributed by atoms with Crippen molar-refractivity contribution in [1.82, 2.24) is 10.2 Å². The minimum atomic E-state index is -0.0411. The maximum Gasteiger partial charge on any atom is 0.233 e. The van der Waals surface area contributed by atoms with Crippen LogP contribution in [0.5, 0.6) is 0 Å². The third-order valence-electron chi connectivity index (χ3n) is 4.07. The molecule has 4 heteroatoms. The molecule has 1 N–H and O–H groups in total. The van der Waals surface area contributed by atoms with Gasteiger partial charge in [-0.05, 0) is 58.0 Å². The number of carbonyl (C=O) groups excluding carboxylic acids is 1. The topological polar surface area (TPSA) is 32.3 Å². The molecule has 0 unspecified atom stereocenters. The van der Waals surface area contributed by atoms with E-state index in [-0.39, 0.29) is 11.2 Å². The molecule has 1 aromatic rings. The fourth-order valence-corrected chi connectivity index (χ4v) is 3.69. The summed E-state index contributed by atoms with van der Waals surface area (Å²) in [6.07, 6.45) is 6.46. The van der Waals surface area contributed by atoms with Crippen molar-refractivity contribution in [2.24, 2.45) is 0 Å². The van der Waals surface area contributed by atoms with Crippen LogP contribution in [0.1, 0.15) is 39.0 Å². The van der Waals surface area contributed by atoms with Crippen molar-refractivity contribution in [3.8, 4) is 0 Å². The molecule has 1 aliphatic rings. The molecular weight excluding hydrogens is 292 g/mol. The first-order valence-electron chi connectivity index (χ1n) is 8.47. The van der Waals surface area contributed by atoms with Crippen LogP contribution in [-0.4, -0.2) is 42.2 Å². The van der Waals surface area contributed by atoms with Crippen LogP contribution in [0.25, 0.3) is 0 Å². The quantitative estimate of drug-likeness (QED) is 0.616. The third kappa shape index (κ3) is 6.41. The van der Waals surface area contributed by atoms with E-state index in [1.54, 1.807) is 11.8 Å². The molecule has 1 aromatic carbocycles. The normalized spacial score (nSPS) is 17.7. The molecule has 1 atom stereocenters. The number of likely N-dealkylation sites (tertiary alicyclic amines) is 1. The molecule has 122 valence electrons. The average Bonchev–Trinajstić information content (AvgIpc) is 2.81. The summed E-state index contributed by atoms with van der Waals surface area (Å²) < 4.78 is 0. The van der Waals surface area contributed by atoms with Crippen LogP contribution in [0.4, 0.5) is 0 Å². The smallest absolute Gasteiger partial charge is 0.233 e. The van der Waals surface area contributed by atoms with Gasteiger partial charge in [0.15, 0.2) is 0 Å². The second kappa shape index (κ2) is 9.90. The Morgan fingerprint density at radius 2 is 1.86 bits per heavy atom. The standard InChI is InChI=1S/C18H28N2OS/c1-16(22-17-10-5-4-6-11-17)18(21)19-12-9-15-20-13-7-2-3-8-14-20/h4-6,10-11,16H,2-3,7-9,12-15H2,1H3,(H,19,21)/t16-/m0/s1. The first-order chi connectivity index (χ1) is 10.8. The van der Waals surface area contributed by atoms with Crippen molar-refractivity contribution in [2.75, 3.05) is 26.2 Å². The van der Waals surface area contributed by atoms with Crippen LogP contribution in [0.2, 0.25) is 0 Å². The summed E-state index contributed by atoms with van der Waals surface area (Å²) in [5.41, 5.74) is 0. The van der Waals surface area contributed by atoms with Gasteiger partial charge < -0.3 is 10.2 Å². The summed E-state index contributed by atoms with van der Waals surface area (Å²) in [6, 6.07) is 10.1. The van der Waals surface area contributed by atoms with Crippen LogP contribution in [0.3, 0.4) is 0 Å². The van der Waals surface area contributed by atoms with E-state index in [1.165, 1.54) is 38.8 Å². The highest BCUT2D eigenvalue weighted by Crippen LogP contribution is 2.22. The molecule has 0 spiro atoms. The minimum Gasteiger partial charge on any atom is -0.355 e. The van der Waals surface area contributed by atoms with Gasteiger partial charge in [0.1, 0.15) is 0 Å². The van der Waals surface area contributed by atoms with Crippen LogP contribution in [0, 0.1) is 0 Å². The maximum atomic E-state index is 12.1. The molecule has 3 nitrogen and oxygen atoms in total. The monoisotopic (exact) mass is 320 g/mol. The van der Waals surface area contributed by atoms with Gasteiger partial charge in [-0.25, -0.2) is 0 Å². The number of nitrogens with one attached hydrogen (secondary N) is 1. The molecule has 1 saturated heterocycles. The number of hydrogen-bond donors (Lipinski definition) is 1. The molecule has 0 aliphatic carbocycles. The predicted molar refractivity (Wildman–Crippen MR) is 94.3 cm³/mol. The lowest BCUT2D eigenvalue weighted by Crippen LogP contribution is -2.34. The number of benzene rings is 1. The van der Waals surface area contributed by atoms with E-state index in [4.69, 9.17) is 0 Å². The first-order valence-corrected chi connectivity index (χ1v) is 9.35. The number of nitrogens with zero attached hydrogens (tertiary/aromatic N) is 1. The van der Waals surface area contributed by atoms with E-state index in [2.05, 4.69) is 10.2 Å². The van der Waals surface area contributed by atoms with Crippen molar-refractivity contribution in [3.05, 3.63) is 30.3 Å². The van der Waals surface area contributed by atoms with Gasteiger partial charge in [-0.15, -0.1) is 11.8 Å². The summed E-state index contributed by atoms with van der Waals surface area (Å²) >= 11 is 1.62. The third-order valence-corrected chi connectivity index (χ3v) is 5.19. The van der Waals surface area contributed by atoms with E-state index in [0.717, 1.165) is 24.4 Å². The highest BCUT2D eigenvalue weighted by atomic mass is 32.2. The van der Waals surface area contributed by atoms with Crippen molar-refractivity contribution >= 4 is 17.7 Å². The molecule has 22 heavy (non-hydrogen) atoms. The Morgan fingerprint density at radius 3 is 2.55 bits per heavy atom. The minimum absolute atomic E-state index is 0.0411. The lowest BCUT2D eigenvalue weighted by atomic mass is 10.2. The predicted octanol–water partition coefficient (Wildman–Crippen LogP) is 3.55. The second-order valence-electron chi connectivity index (χ2n) is 5.97. The zero-order valence-corrected chi connectivity index (χ0v) is 14.4. The second-order valence-corrected chi connectivity index (χ2v) is 7.39. The Bertz CT molecular complexity index is 430. The van der Waals surface area contributed by atoms with E-state index in [1.807, 2.05) is 37.3 Å².